The van der Waals surface area contributed by atoms with Crippen molar-refractivity contribution in [3.8, 4) is 11.5 Å². The van der Waals surface area contributed by atoms with Gasteiger partial charge in [0.05, 0.1) is 5.56 Å². The molecule has 0 aliphatic carbocycles. The summed E-state index contributed by atoms with van der Waals surface area (Å²) in [5, 5.41) is 0. The number of rotatable bonds is 4. The van der Waals surface area contributed by atoms with Crippen molar-refractivity contribution in [1.82, 2.24) is 0 Å². The molecule has 0 N–H and O–H groups in total. The van der Waals surface area contributed by atoms with E-state index in [-0.39, 0.29) is 17.4 Å². The van der Waals surface area contributed by atoms with Gasteiger partial charge in [-0.05, 0) is 48.4 Å². The fourth-order valence-corrected chi connectivity index (χ4v) is 2.97. The van der Waals surface area contributed by atoms with E-state index < -0.39 is 0 Å². The lowest BCUT2D eigenvalue weighted by atomic mass is 10.1. The number of Topliss-reactive ketones (excluding diaryl/α,β-unsaturated/α-hetero) is 1. The summed E-state index contributed by atoms with van der Waals surface area (Å²) in [4.78, 5) is 12.6. The van der Waals surface area contributed by atoms with Gasteiger partial charge in [0.1, 0.15) is 23.9 Å². The molecule has 1 heterocycles. The van der Waals surface area contributed by atoms with E-state index in [1.54, 1.807) is 30.3 Å². The molecule has 134 valence electrons. The first-order valence-electron chi connectivity index (χ1n) is 8.62. The third kappa shape index (κ3) is 3.47. The topological polar surface area (TPSA) is 35.5 Å². The predicted octanol–water partition coefficient (Wildman–Crippen LogP) is 5.33. The van der Waals surface area contributed by atoms with Crippen LogP contribution in [0.25, 0.3) is 6.08 Å². The maximum atomic E-state index is 13.1. The van der Waals surface area contributed by atoms with Gasteiger partial charge in [-0.3, -0.25) is 4.79 Å². The van der Waals surface area contributed by atoms with Gasteiger partial charge in [-0.15, -0.1) is 0 Å². The number of allylic oxidation sites excluding steroid dienone is 1. The molecule has 0 aromatic heterocycles. The van der Waals surface area contributed by atoms with Crippen LogP contribution in [0.5, 0.6) is 11.5 Å². The highest BCUT2D eigenvalue weighted by Gasteiger charge is 2.30. The number of fused-ring (bicyclic) bond motifs is 1. The minimum Gasteiger partial charge on any atom is -0.488 e. The summed E-state index contributed by atoms with van der Waals surface area (Å²) >= 11 is 0. The first kappa shape index (κ1) is 17.0. The summed E-state index contributed by atoms with van der Waals surface area (Å²) in [5.41, 5.74) is 3.05. The molecule has 1 aliphatic rings. The van der Waals surface area contributed by atoms with E-state index in [0.29, 0.717) is 29.2 Å². The van der Waals surface area contributed by atoms with Crippen LogP contribution in [0.4, 0.5) is 4.39 Å². The molecule has 3 aromatic rings. The zero-order valence-electron chi connectivity index (χ0n) is 14.7. The fourth-order valence-electron chi connectivity index (χ4n) is 2.97. The smallest absolute Gasteiger partial charge is 0.231 e. The lowest BCUT2D eigenvalue weighted by molar-refractivity contribution is 0.101. The molecule has 0 saturated heterocycles. The zero-order valence-corrected chi connectivity index (χ0v) is 14.7. The van der Waals surface area contributed by atoms with Gasteiger partial charge in [0.15, 0.2) is 5.76 Å². The Hall–Kier alpha value is -3.40. The molecule has 0 bridgehead atoms. The van der Waals surface area contributed by atoms with E-state index in [0.717, 1.165) is 11.1 Å². The van der Waals surface area contributed by atoms with Crippen LogP contribution >= 0.6 is 0 Å². The van der Waals surface area contributed by atoms with Crippen molar-refractivity contribution < 1.29 is 18.7 Å². The second-order valence-electron chi connectivity index (χ2n) is 6.33. The quantitative estimate of drug-likeness (QED) is 0.590. The van der Waals surface area contributed by atoms with Crippen LogP contribution < -0.4 is 9.47 Å². The van der Waals surface area contributed by atoms with Crippen LogP contribution in [0.3, 0.4) is 0 Å². The standard InChI is InChI=1S/C23H17FO3/c1-15-20(26-14-17-5-3-2-4-6-17)12-11-19-22(25)21(27-23(15)19)13-16-7-9-18(24)10-8-16/h2-13H,14H2,1H3/b21-13-. The molecule has 0 spiro atoms. The van der Waals surface area contributed by atoms with E-state index >= 15 is 0 Å². The lowest BCUT2D eigenvalue weighted by Crippen LogP contribution is -1.98. The predicted molar refractivity (Wildman–Crippen MR) is 101 cm³/mol. The monoisotopic (exact) mass is 360 g/mol. The maximum absolute atomic E-state index is 13.1. The van der Waals surface area contributed by atoms with Gasteiger partial charge in [0, 0.05) is 5.56 Å². The largest absolute Gasteiger partial charge is 0.488 e. The van der Waals surface area contributed by atoms with E-state index in [9.17, 15) is 9.18 Å². The molecule has 27 heavy (non-hydrogen) atoms. The highest BCUT2D eigenvalue weighted by molar-refractivity contribution is 6.14. The van der Waals surface area contributed by atoms with Crippen LogP contribution in [-0.4, -0.2) is 5.78 Å². The average molecular weight is 360 g/mol. The minimum atomic E-state index is -0.324. The van der Waals surface area contributed by atoms with Gasteiger partial charge in [-0.1, -0.05) is 42.5 Å². The highest BCUT2D eigenvalue weighted by atomic mass is 19.1. The number of halogens is 1. The summed E-state index contributed by atoms with van der Waals surface area (Å²) in [6.45, 7) is 2.31. The summed E-state index contributed by atoms with van der Waals surface area (Å²) < 4.78 is 24.8. The molecule has 4 heteroatoms. The molecule has 0 fully saturated rings. The molecule has 4 rings (SSSR count). The van der Waals surface area contributed by atoms with Crippen molar-refractivity contribution in [2.24, 2.45) is 0 Å². The Morgan fingerprint density at radius 3 is 2.48 bits per heavy atom. The molecule has 1 aliphatic heterocycles. The highest BCUT2D eigenvalue weighted by Crippen LogP contribution is 2.39. The molecule has 0 unspecified atom stereocenters. The summed E-state index contributed by atoms with van der Waals surface area (Å²) in [5.74, 6) is 0.898. The van der Waals surface area contributed by atoms with Crippen molar-refractivity contribution in [2.75, 3.05) is 0 Å². The number of ether oxygens (including phenoxy) is 2. The van der Waals surface area contributed by atoms with Crippen LogP contribution in [0, 0.1) is 12.7 Å². The van der Waals surface area contributed by atoms with Crippen molar-refractivity contribution in [3.63, 3.8) is 0 Å². The molecule has 3 aromatic carbocycles. The molecule has 0 amide bonds. The Morgan fingerprint density at radius 1 is 1.00 bits per heavy atom. The van der Waals surface area contributed by atoms with Crippen LogP contribution in [-0.2, 0) is 6.61 Å². The number of hydrogen-bond donors (Lipinski definition) is 0. The van der Waals surface area contributed by atoms with Crippen LogP contribution in [0.2, 0.25) is 0 Å². The number of benzene rings is 3. The molecular weight excluding hydrogens is 343 g/mol. The van der Waals surface area contributed by atoms with Crippen LogP contribution in [0.1, 0.15) is 27.0 Å². The van der Waals surface area contributed by atoms with Crippen molar-refractivity contribution in [2.45, 2.75) is 13.5 Å². The molecular formula is C23H17FO3. The van der Waals surface area contributed by atoms with Gasteiger partial charge < -0.3 is 9.47 Å². The van der Waals surface area contributed by atoms with Gasteiger partial charge in [-0.2, -0.15) is 0 Å². The van der Waals surface area contributed by atoms with Gasteiger partial charge in [-0.25, -0.2) is 4.39 Å². The normalized spacial score (nSPS) is 14.1. The Kier molecular flexibility index (Phi) is 4.47. The number of carbonyl (C=O) groups is 1. The van der Waals surface area contributed by atoms with Gasteiger partial charge in [0.2, 0.25) is 5.78 Å². The molecule has 3 nitrogen and oxygen atoms in total. The van der Waals surface area contributed by atoms with Crippen LogP contribution in [0.15, 0.2) is 72.5 Å². The Balaban J connectivity index is 1.58. The van der Waals surface area contributed by atoms with Crippen molar-refractivity contribution in [1.29, 1.82) is 0 Å². The van der Waals surface area contributed by atoms with Crippen molar-refractivity contribution in [3.05, 3.63) is 101 Å². The third-order valence-electron chi connectivity index (χ3n) is 4.44. The van der Waals surface area contributed by atoms with E-state index in [1.807, 2.05) is 37.3 Å². The summed E-state index contributed by atoms with van der Waals surface area (Å²) in [6.07, 6.45) is 1.62. The maximum Gasteiger partial charge on any atom is 0.231 e. The molecule has 0 radical (unpaired) electrons. The fraction of sp³-hybridized carbons (Fsp3) is 0.0870. The minimum absolute atomic E-state index is 0.188. The first-order valence-corrected chi connectivity index (χ1v) is 8.62. The Bertz CT molecular complexity index is 1020. The first-order chi connectivity index (χ1) is 13.1. The zero-order chi connectivity index (χ0) is 18.8. The van der Waals surface area contributed by atoms with E-state index in [4.69, 9.17) is 9.47 Å². The number of ketones is 1. The second kappa shape index (κ2) is 7.08. The lowest BCUT2D eigenvalue weighted by Gasteiger charge is -2.11. The second-order valence-corrected chi connectivity index (χ2v) is 6.33. The number of carbonyl (C=O) groups excluding carboxylic acids is 1. The number of hydrogen-bond acceptors (Lipinski definition) is 3. The van der Waals surface area contributed by atoms with Gasteiger partial charge in [0.25, 0.3) is 0 Å². The van der Waals surface area contributed by atoms with E-state index in [2.05, 4.69) is 0 Å². The summed E-state index contributed by atoms with van der Waals surface area (Å²) in [7, 11) is 0. The Morgan fingerprint density at radius 2 is 1.74 bits per heavy atom. The molecule has 0 saturated carbocycles. The summed E-state index contributed by atoms with van der Waals surface area (Å²) in [6, 6.07) is 19.3. The average Bonchev–Trinajstić information content (AvgIpc) is 3.00. The van der Waals surface area contributed by atoms with Gasteiger partial charge >= 0.3 is 0 Å². The SMILES string of the molecule is Cc1c(OCc2ccccc2)ccc2c1O/C(=C\c1ccc(F)cc1)C2=O. The molecule has 0 atom stereocenters. The van der Waals surface area contributed by atoms with E-state index in [1.165, 1.54) is 12.1 Å². The Labute approximate surface area is 156 Å². The third-order valence-corrected chi connectivity index (χ3v) is 4.44. The van der Waals surface area contributed by atoms with Crippen molar-refractivity contribution >= 4 is 11.9 Å².